The maximum absolute atomic E-state index is 14.8. The van der Waals surface area contributed by atoms with Gasteiger partial charge in [-0.3, -0.25) is 4.98 Å². The van der Waals surface area contributed by atoms with E-state index in [-0.39, 0.29) is 11.7 Å². The van der Waals surface area contributed by atoms with Gasteiger partial charge in [0.2, 0.25) is 0 Å². The molecule has 0 aliphatic carbocycles. The molecule has 2 heterocycles. The predicted octanol–water partition coefficient (Wildman–Crippen LogP) is 3.65. The molecule has 1 aliphatic rings. The number of methoxy groups -OCH3 is 1. The maximum atomic E-state index is 14.8. The monoisotopic (exact) mass is 301 g/mol. The van der Waals surface area contributed by atoms with Gasteiger partial charge in [-0.2, -0.15) is 0 Å². The largest absolute Gasteiger partial charge is 0.496 e. The first-order chi connectivity index (χ1) is 10.7. The van der Waals surface area contributed by atoms with Crippen molar-refractivity contribution in [3.8, 4) is 5.75 Å². The van der Waals surface area contributed by atoms with Crippen LogP contribution in [-0.2, 0) is 24.2 Å². The average Bonchev–Trinajstić information content (AvgIpc) is 2.58. The lowest BCUT2D eigenvalue weighted by Crippen LogP contribution is -2.15. The van der Waals surface area contributed by atoms with Gasteiger partial charge >= 0.3 is 0 Å². The molecular weight excluding hydrogens is 281 g/mol. The average molecular weight is 301 g/mol. The molecule has 2 aromatic rings. The van der Waals surface area contributed by atoms with Crippen LogP contribution in [0.1, 0.15) is 35.2 Å². The van der Waals surface area contributed by atoms with Crippen LogP contribution in [0.3, 0.4) is 0 Å². The summed E-state index contributed by atoms with van der Waals surface area (Å²) >= 11 is 0. The summed E-state index contributed by atoms with van der Waals surface area (Å²) < 4.78 is 25.7. The van der Waals surface area contributed by atoms with E-state index in [2.05, 4.69) is 11.9 Å². The molecule has 1 aromatic carbocycles. The molecule has 1 aliphatic heterocycles. The summed E-state index contributed by atoms with van der Waals surface area (Å²) in [6.07, 6.45) is 3.06. The number of hydrogen-bond donors (Lipinski definition) is 0. The Kier molecular flexibility index (Phi) is 4.39. The fourth-order valence-electron chi connectivity index (χ4n) is 2.99. The Hall–Kier alpha value is -1.94. The van der Waals surface area contributed by atoms with Crippen molar-refractivity contribution in [2.24, 2.45) is 0 Å². The van der Waals surface area contributed by atoms with E-state index in [1.807, 2.05) is 24.3 Å². The number of ether oxygens (including phenoxy) is 2. The molecule has 3 nitrogen and oxygen atoms in total. The third-order valence-electron chi connectivity index (χ3n) is 4.20. The number of rotatable bonds is 4. The predicted molar refractivity (Wildman–Crippen MR) is 82.7 cm³/mol. The van der Waals surface area contributed by atoms with Gasteiger partial charge in [0.15, 0.2) is 0 Å². The van der Waals surface area contributed by atoms with Crippen molar-refractivity contribution < 1.29 is 13.9 Å². The highest BCUT2D eigenvalue weighted by atomic mass is 19.1. The minimum atomic E-state index is -0.154. The summed E-state index contributed by atoms with van der Waals surface area (Å²) in [6.45, 7) is 3.00. The molecule has 4 heteroatoms. The van der Waals surface area contributed by atoms with E-state index in [0.717, 1.165) is 17.0 Å². The number of benzene rings is 1. The van der Waals surface area contributed by atoms with E-state index >= 15 is 0 Å². The summed E-state index contributed by atoms with van der Waals surface area (Å²) in [6, 6.07) is 7.65. The fourth-order valence-corrected chi connectivity index (χ4v) is 2.99. The highest BCUT2D eigenvalue weighted by molar-refractivity contribution is 5.46. The molecule has 1 unspecified atom stereocenters. The minimum absolute atomic E-state index is 0.142. The van der Waals surface area contributed by atoms with Crippen LogP contribution < -0.4 is 4.74 Å². The van der Waals surface area contributed by atoms with Crippen LogP contribution in [0, 0.1) is 5.82 Å². The lowest BCUT2D eigenvalue weighted by Gasteiger charge is -2.22. The molecule has 0 bridgehead atoms. The van der Waals surface area contributed by atoms with Gasteiger partial charge in [-0.15, -0.1) is 0 Å². The first-order valence-electron chi connectivity index (χ1n) is 7.56. The number of hydrogen-bond acceptors (Lipinski definition) is 3. The van der Waals surface area contributed by atoms with Gasteiger partial charge in [-0.05, 0) is 36.6 Å². The van der Waals surface area contributed by atoms with Gasteiger partial charge in [0.05, 0.1) is 20.3 Å². The number of nitrogens with zero attached hydrogens (tertiary/aromatic N) is 1. The molecule has 0 saturated heterocycles. The molecule has 0 spiro atoms. The Bertz CT molecular complexity index is 658. The molecule has 1 aromatic heterocycles. The summed E-state index contributed by atoms with van der Waals surface area (Å²) in [5.74, 6) is 0.754. The Morgan fingerprint density at radius 1 is 1.36 bits per heavy atom. The van der Waals surface area contributed by atoms with Gasteiger partial charge in [-0.1, -0.05) is 13.0 Å². The van der Waals surface area contributed by atoms with Gasteiger partial charge in [0.25, 0.3) is 0 Å². The summed E-state index contributed by atoms with van der Waals surface area (Å²) in [7, 11) is 1.63. The van der Waals surface area contributed by atoms with Gasteiger partial charge in [0, 0.05) is 28.9 Å². The highest BCUT2D eigenvalue weighted by Gasteiger charge is 2.23. The van der Waals surface area contributed by atoms with Crippen LogP contribution in [0.15, 0.2) is 30.5 Å². The summed E-state index contributed by atoms with van der Waals surface area (Å²) in [5, 5.41) is 0. The van der Waals surface area contributed by atoms with Crippen LogP contribution in [0.4, 0.5) is 4.39 Å². The Morgan fingerprint density at radius 3 is 2.95 bits per heavy atom. The normalized spacial score (nSPS) is 15.2. The van der Waals surface area contributed by atoms with E-state index in [1.54, 1.807) is 13.3 Å². The van der Waals surface area contributed by atoms with Gasteiger partial charge in [0.1, 0.15) is 11.6 Å². The van der Waals surface area contributed by atoms with Crippen molar-refractivity contribution in [1.82, 2.24) is 4.98 Å². The quantitative estimate of drug-likeness (QED) is 0.864. The van der Waals surface area contributed by atoms with E-state index in [0.29, 0.717) is 37.2 Å². The number of pyridine rings is 1. The van der Waals surface area contributed by atoms with Gasteiger partial charge < -0.3 is 9.47 Å². The Balaban J connectivity index is 1.94. The second-order valence-corrected chi connectivity index (χ2v) is 5.67. The number of aromatic nitrogens is 1. The fraction of sp³-hybridized carbons (Fsp3) is 0.389. The van der Waals surface area contributed by atoms with E-state index in [4.69, 9.17) is 9.47 Å². The molecule has 116 valence electrons. The lowest BCUT2D eigenvalue weighted by atomic mass is 9.92. The molecular formula is C18H20FNO2. The zero-order valence-electron chi connectivity index (χ0n) is 12.9. The standard InChI is InChI=1S/C18H20FNO2/c1-12(16-5-3-4-7-20-16)9-13-10-17(21-2)14-6-8-22-11-15(14)18(13)19/h3-5,7,10,12H,6,8-9,11H2,1-2H3. The second kappa shape index (κ2) is 6.44. The van der Waals surface area contributed by atoms with Crippen molar-refractivity contribution in [2.45, 2.75) is 32.3 Å². The molecule has 0 amide bonds. The van der Waals surface area contributed by atoms with Crippen molar-refractivity contribution in [3.05, 3.63) is 58.7 Å². The van der Waals surface area contributed by atoms with Crippen LogP contribution in [-0.4, -0.2) is 18.7 Å². The minimum Gasteiger partial charge on any atom is -0.496 e. The number of fused-ring (bicyclic) bond motifs is 1. The first-order valence-corrected chi connectivity index (χ1v) is 7.56. The lowest BCUT2D eigenvalue weighted by molar-refractivity contribution is 0.106. The van der Waals surface area contributed by atoms with E-state index in [9.17, 15) is 4.39 Å². The van der Waals surface area contributed by atoms with E-state index in [1.165, 1.54) is 0 Å². The molecule has 22 heavy (non-hydrogen) atoms. The molecule has 0 radical (unpaired) electrons. The smallest absolute Gasteiger partial charge is 0.132 e. The van der Waals surface area contributed by atoms with E-state index < -0.39 is 0 Å². The summed E-state index contributed by atoms with van der Waals surface area (Å²) in [4.78, 5) is 4.36. The third-order valence-corrected chi connectivity index (χ3v) is 4.20. The third kappa shape index (κ3) is 2.83. The summed E-state index contributed by atoms with van der Waals surface area (Å²) in [5.41, 5.74) is 3.23. The van der Waals surface area contributed by atoms with Crippen molar-refractivity contribution >= 4 is 0 Å². The zero-order valence-corrected chi connectivity index (χ0v) is 12.9. The topological polar surface area (TPSA) is 31.4 Å². The second-order valence-electron chi connectivity index (χ2n) is 5.67. The van der Waals surface area contributed by atoms with Gasteiger partial charge in [-0.25, -0.2) is 4.39 Å². The zero-order chi connectivity index (χ0) is 15.5. The Morgan fingerprint density at radius 2 is 2.23 bits per heavy atom. The molecule has 3 rings (SSSR count). The molecule has 0 saturated carbocycles. The van der Waals surface area contributed by atoms with Crippen LogP contribution in [0.2, 0.25) is 0 Å². The maximum Gasteiger partial charge on any atom is 0.132 e. The molecule has 1 atom stereocenters. The van der Waals surface area contributed by atoms with Crippen molar-refractivity contribution in [3.63, 3.8) is 0 Å². The highest BCUT2D eigenvalue weighted by Crippen LogP contribution is 2.33. The Labute approximate surface area is 130 Å². The number of halogens is 1. The molecule has 0 N–H and O–H groups in total. The van der Waals surface area contributed by atoms with Crippen LogP contribution >= 0.6 is 0 Å². The van der Waals surface area contributed by atoms with Crippen LogP contribution in [0.25, 0.3) is 0 Å². The van der Waals surface area contributed by atoms with Crippen LogP contribution in [0.5, 0.6) is 5.75 Å². The molecule has 0 fully saturated rings. The SMILES string of the molecule is COc1cc(CC(C)c2ccccn2)c(F)c2c1CCOC2. The van der Waals surface area contributed by atoms with Crippen molar-refractivity contribution in [1.29, 1.82) is 0 Å². The van der Waals surface area contributed by atoms with Crippen molar-refractivity contribution in [2.75, 3.05) is 13.7 Å². The first kappa shape index (κ1) is 15.0.